The van der Waals surface area contributed by atoms with Gasteiger partial charge in [-0.3, -0.25) is 0 Å². The quantitative estimate of drug-likeness (QED) is 0.345. The van der Waals surface area contributed by atoms with Crippen LogP contribution in [0.25, 0.3) is 0 Å². The van der Waals surface area contributed by atoms with Crippen molar-refractivity contribution in [1.82, 2.24) is 0 Å². The molecule has 0 fully saturated rings. The van der Waals surface area contributed by atoms with E-state index in [1.807, 2.05) is 0 Å². The largest absolute Gasteiger partial charge is 0.508 e. The molecule has 0 aliphatic carbocycles. The van der Waals surface area contributed by atoms with Gasteiger partial charge in [0.05, 0.1) is 12.2 Å². The summed E-state index contributed by atoms with van der Waals surface area (Å²) < 4.78 is 5.21. The van der Waals surface area contributed by atoms with Gasteiger partial charge in [-0.1, -0.05) is 44.3 Å². The molecule has 1 N–H and O–H groups in total. The molecule has 1 aromatic rings. The van der Waals surface area contributed by atoms with Crippen molar-refractivity contribution in [3.05, 3.63) is 42.0 Å². The molecule has 1 aromatic carbocycles. The number of aromatic hydroxyl groups is 1. The Morgan fingerprint density at radius 2 is 1.59 bits per heavy atom. The lowest BCUT2D eigenvalue weighted by atomic mass is 10.1. The van der Waals surface area contributed by atoms with Crippen LogP contribution in [-0.4, -0.2) is 17.7 Å². The number of ether oxygens (including phenoxy) is 1. The lowest BCUT2D eigenvalue weighted by Gasteiger charge is -2.05. The maximum Gasteiger partial charge on any atom is 0.338 e. The van der Waals surface area contributed by atoms with E-state index in [4.69, 9.17) is 9.84 Å². The maximum absolute atomic E-state index is 11.7. The zero-order valence-electron chi connectivity index (χ0n) is 13.6. The van der Waals surface area contributed by atoms with Crippen LogP contribution in [0.3, 0.4) is 0 Å². The standard InChI is InChI=1S/C19H28O3/c1-2-3-4-5-6-7-8-9-10-11-16-22-19(21)17-12-14-18(20)15-13-17/h2-3,12-15,20H,4-11,16H2,1H3/b3-2+. The number of benzene rings is 1. The van der Waals surface area contributed by atoms with Crippen molar-refractivity contribution >= 4 is 5.97 Å². The average Bonchev–Trinajstić information content (AvgIpc) is 2.53. The van der Waals surface area contributed by atoms with E-state index in [0.29, 0.717) is 12.2 Å². The lowest BCUT2D eigenvalue weighted by molar-refractivity contribution is 0.0497. The van der Waals surface area contributed by atoms with Gasteiger partial charge in [0, 0.05) is 0 Å². The molecule has 3 heteroatoms. The number of hydrogen-bond acceptors (Lipinski definition) is 3. The first kappa shape index (κ1) is 18.3. The molecule has 22 heavy (non-hydrogen) atoms. The molecule has 0 aliphatic heterocycles. The fourth-order valence-electron chi connectivity index (χ4n) is 2.26. The van der Waals surface area contributed by atoms with E-state index >= 15 is 0 Å². The number of hydrogen-bond donors (Lipinski definition) is 1. The third-order valence-corrected chi connectivity index (χ3v) is 3.59. The molecule has 0 aliphatic rings. The predicted octanol–water partition coefficient (Wildman–Crippen LogP) is 5.25. The molecule has 122 valence electrons. The molecule has 0 saturated heterocycles. The number of unbranched alkanes of at least 4 members (excludes halogenated alkanes) is 7. The van der Waals surface area contributed by atoms with Crippen LogP contribution in [0.2, 0.25) is 0 Å². The molecule has 1 rings (SSSR count). The molecule has 0 bridgehead atoms. The zero-order chi connectivity index (χ0) is 16.0. The number of allylic oxidation sites excluding steroid dienone is 2. The smallest absolute Gasteiger partial charge is 0.338 e. The van der Waals surface area contributed by atoms with Gasteiger partial charge in [0.1, 0.15) is 5.75 Å². The van der Waals surface area contributed by atoms with Crippen LogP contribution in [0.5, 0.6) is 5.75 Å². The molecule has 0 aromatic heterocycles. The van der Waals surface area contributed by atoms with E-state index in [2.05, 4.69) is 19.1 Å². The van der Waals surface area contributed by atoms with Crippen LogP contribution < -0.4 is 0 Å². The van der Waals surface area contributed by atoms with Crippen LogP contribution in [0.1, 0.15) is 68.6 Å². The van der Waals surface area contributed by atoms with Gasteiger partial charge in [0.25, 0.3) is 0 Å². The van der Waals surface area contributed by atoms with Crippen LogP contribution in [0.4, 0.5) is 0 Å². The Hall–Kier alpha value is -1.77. The van der Waals surface area contributed by atoms with E-state index < -0.39 is 0 Å². The highest BCUT2D eigenvalue weighted by Gasteiger charge is 2.06. The molecule has 0 saturated carbocycles. The number of rotatable bonds is 11. The monoisotopic (exact) mass is 304 g/mol. The van der Waals surface area contributed by atoms with E-state index in [1.165, 1.54) is 50.7 Å². The maximum atomic E-state index is 11.7. The van der Waals surface area contributed by atoms with Gasteiger partial charge in [0.15, 0.2) is 0 Å². The highest BCUT2D eigenvalue weighted by atomic mass is 16.5. The minimum atomic E-state index is -0.316. The summed E-state index contributed by atoms with van der Waals surface area (Å²) in [7, 11) is 0. The van der Waals surface area contributed by atoms with Crippen molar-refractivity contribution in [2.75, 3.05) is 6.61 Å². The Morgan fingerprint density at radius 1 is 1.00 bits per heavy atom. The SMILES string of the molecule is C/C=C/CCCCCCCCCOC(=O)c1ccc(O)cc1. The molecular weight excluding hydrogens is 276 g/mol. The molecule has 0 unspecified atom stereocenters. The van der Waals surface area contributed by atoms with Crippen LogP contribution >= 0.6 is 0 Å². The van der Waals surface area contributed by atoms with Gasteiger partial charge in [-0.15, -0.1) is 0 Å². The number of phenols is 1. The first-order chi connectivity index (χ1) is 10.7. The second kappa shape index (κ2) is 11.8. The third kappa shape index (κ3) is 8.50. The minimum absolute atomic E-state index is 0.155. The summed E-state index contributed by atoms with van der Waals surface area (Å²) in [5.74, 6) is -0.161. The van der Waals surface area contributed by atoms with Gasteiger partial charge in [-0.25, -0.2) is 4.79 Å². The number of carbonyl (C=O) groups excluding carboxylic acids is 1. The summed E-state index contributed by atoms with van der Waals surface area (Å²) in [6.07, 6.45) is 13.9. The summed E-state index contributed by atoms with van der Waals surface area (Å²) in [5, 5.41) is 9.16. The zero-order valence-corrected chi connectivity index (χ0v) is 13.6. The second-order valence-electron chi connectivity index (χ2n) is 5.52. The van der Waals surface area contributed by atoms with Gasteiger partial charge in [0.2, 0.25) is 0 Å². The number of phenolic OH excluding ortho intramolecular Hbond substituents is 1. The number of esters is 1. The van der Waals surface area contributed by atoms with E-state index in [9.17, 15) is 4.79 Å². The van der Waals surface area contributed by atoms with Crippen molar-refractivity contribution in [1.29, 1.82) is 0 Å². The summed E-state index contributed by atoms with van der Waals surface area (Å²) in [4.78, 5) is 11.7. The highest BCUT2D eigenvalue weighted by molar-refractivity contribution is 5.89. The molecule has 0 amide bonds. The third-order valence-electron chi connectivity index (χ3n) is 3.59. The van der Waals surface area contributed by atoms with Crippen LogP contribution in [0, 0.1) is 0 Å². The van der Waals surface area contributed by atoms with Gasteiger partial charge < -0.3 is 9.84 Å². The molecule has 0 spiro atoms. The van der Waals surface area contributed by atoms with Crippen molar-refractivity contribution < 1.29 is 14.6 Å². The van der Waals surface area contributed by atoms with Crippen molar-refractivity contribution in [3.63, 3.8) is 0 Å². The van der Waals surface area contributed by atoms with Gasteiger partial charge >= 0.3 is 5.97 Å². The average molecular weight is 304 g/mol. The summed E-state index contributed by atoms with van der Waals surface area (Å²) >= 11 is 0. The first-order valence-electron chi connectivity index (χ1n) is 8.31. The number of carbonyl (C=O) groups is 1. The Kier molecular flexibility index (Phi) is 9.84. The normalized spacial score (nSPS) is 11.0. The topological polar surface area (TPSA) is 46.5 Å². The van der Waals surface area contributed by atoms with Crippen LogP contribution in [-0.2, 0) is 4.74 Å². The second-order valence-corrected chi connectivity index (χ2v) is 5.52. The fraction of sp³-hybridized carbons (Fsp3) is 0.526. The van der Waals surface area contributed by atoms with Crippen molar-refractivity contribution in [2.24, 2.45) is 0 Å². The van der Waals surface area contributed by atoms with Crippen LogP contribution in [0.15, 0.2) is 36.4 Å². The van der Waals surface area contributed by atoms with Crippen molar-refractivity contribution in [2.45, 2.75) is 58.3 Å². The van der Waals surface area contributed by atoms with E-state index in [-0.39, 0.29) is 11.7 Å². The van der Waals surface area contributed by atoms with Gasteiger partial charge in [-0.05, 0) is 50.5 Å². The highest BCUT2D eigenvalue weighted by Crippen LogP contribution is 2.12. The minimum Gasteiger partial charge on any atom is -0.508 e. The summed E-state index contributed by atoms with van der Waals surface area (Å²) in [6, 6.07) is 6.14. The molecule has 3 nitrogen and oxygen atoms in total. The fourth-order valence-corrected chi connectivity index (χ4v) is 2.26. The summed E-state index contributed by atoms with van der Waals surface area (Å²) in [6.45, 7) is 2.54. The molecule has 0 atom stereocenters. The van der Waals surface area contributed by atoms with E-state index in [0.717, 1.165) is 12.8 Å². The molecule has 0 heterocycles. The Bertz CT molecular complexity index is 434. The first-order valence-corrected chi connectivity index (χ1v) is 8.31. The Morgan fingerprint density at radius 3 is 2.23 bits per heavy atom. The Balaban J connectivity index is 1.95. The Labute approximate surface area is 134 Å². The molecular formula is C19H28O3. The summed E-state index contributed by atoms with van der Waals surface area (Å²) in [5.41, 5.74) is 0.485. The van der Waals surface area contributed by atoms with Crippen molar-refractivity contribution in [3.8, 4) is 5.75 Å². The van der Waals surface area contributed by atoms with E-state index in [1.54, 1.807) is 12.1 Å². The molecule has 0 radical (unpaired) electrons. The van der Waals surface area contributed by atoms with Gasteiger partial charge in [-0.2, -0.15) is 0 Å². The predicted molar refractivity (Wildman–Crippen MR) is 90.1 cm³/mol. The lowest BCUT2D eigenvalue weighted by Crippen LogP contribution is -2.06.